The smallest absolute Gasteiger partial charge is 0.250 e. The van der Waals surface area contributed by atoms with Crippen LogP contribution in [0.3, 0.4) is 0 Å². The molecule has 3 unspecified atom stereocenters. The zero-order valence-electron chi connectivity index (χ0n) is 15.9. The largest absolute Gasteiger partial charge is 0.467 e. The number of carbonyl (C=O) groups excluding carboxylic acids is 2. The molecular weight excluding hydrogens is 382 g/mol. The molecule has 10 nitrogen and oxygen atoms in total. The molecule has 3 fully saturated rings. The number of carbonyl (C=O) groups is 2. The van der Waals surface area contributed by atoms with Crippen LogP contribution < -0.4 is 5.32 Å². The Kier molecular flexibility index (Phi) is 3.52. The number of aromatic amines is 1. The van der Waals surface area contributed by atoms with Gasteiger partial charge in [0.25, 0.3) is 0 Å². The summed E-state index contributed by atoms with van der Waals surface area (Å²) in [5, 5.41) is 17.3. The maximum atomic E-state index is 13.2. The molecule has 0 aliphatic carbocycles. The van der Waals surface area contributed by atoms with Crippen molar-refractivity contribution in [3.8, 4) is 0 Å². The lowest BCUT2D eigenvalue weighted by Gasteiger charge is -2.50. The molecule has 3 aliphatic heterocycles. The van der Waals surface area contributed by atoms with Gasteiger partial charge in [0.1, 0.15) is 29.3 Å². The van der Waals surface area contributed by atoms with Gasteiger partial charge in [-0.2, -0.15) is 0 Å². The number of β-lactam (4-membered cyclic amide) rings is 1. The fourth-order valence-electron chi connectivity index (χ4n) is 4.59. The van der Waals surface area contributed by atoms with Crippen LogP contribution in [0.1, 0.15) is 51.4 Å². The van der Waals surface area contributed by atoms with E-state index in [-0.39, 0.29) is 28.0 Å². The lowest BCUT2D eigenvalue weighted by molar-refractivity contribution is -0.165. The molecule has 0 saturated carbocycles. The molecule has 0 radical (unpaired) electrons. The predicted octanol–water partition coefficient (Wildman–Crippen LogP) is 0.805. The van der Waals surface area contributed by atoms with Gasteiger partial charge in [0.15, 0.2) is 5.82 Å². The first kappa shape index (κ1) is 17.7. The molecule has 2 N–H and O–H groups in total. The molecule has 148 valence electrons. The standard InChI is InChI=1S/C17H21N7O3S/c1-16(2)11(12-19-21-22-20-12)23-14(26)10(15(23)28-16)24-13(25)9(18-17(24,3)4)8-6-5-7-27-8/h5-7,9-11,15,18H,1-4H3,(H,19,20,21,22)/t9?,10?,11?,15-/m0/s1. The average molecular weight is 403 g/mol. The second-order valence-electron chi connectivity index (χ2n) is 8.35. The highest BCUT2D eigenvalue weighted by Crippen LogP contribution is 2.58. The highest BCUT2D eigenvalue weighted by atomic mass is 32.2. The van der Waals surface area contributed by atoms with Crippen molar-refractivity contribution in [2.24, 2.45) is 0 Å². The van der Waals surface area contributed by atoms with Crippen molar-refractivity contribution < 1.29 is 14.0 Å². The Labute approximate surface area is 165 Å². The van der Waals surface area contributed by atoms with Crippen LogP contribution in [0.4, 0.5) is 0 Å². The first-order chi connectivity index (χ1) is 13.2. The summed E-state index contributed by atoms with van der Waals surface area (Å²) in [6.45, 7) is 7.95. The fourth-order valence-corrected chi connectivity index (χ4v) is 6.27. The average Bonchev–Trinajstić information content (AvgIpc) is 3.38. The third-order valence-corrected chi connectivity index (χ3v) is 7.28. The van der Waals surface area contributed by atoms with Gasteiger partial charge >= 0.3 is 0 Å². The molecule has 2 aromatic heterocycles. The Bertz CT molecular complexity index is 927. The zero-order chi connectivity index (χ0) is 19.8. The second-order valence-corrected chi connectivity index (χ2v) is 10.1. The number of hydrogen-bond donors (Lipinski definition) is 2. The Morgan fingerprint density at radius 1 is 1.21 bits per heavy atom. The SMILES string of the molecule is CC1(C)S[C@H]2C(N3C(=O)C(c4ccco4)NC3(C)C)C(=O)N2C1c1nnn[nH]1. The van der Waals surface area contributed by atoms with E-state index in [0.717, 1.165) is 0 Å². The summed E-state index contributed by atoms with van der Waals surface area (Å²) in [6.07, 6.45) is 1.54. The van der Waals surface area contributed by atoms with E-state index in [1.807, 2.05) is 13.8 Å². The van der Waals surface area contributed by atoms with Crippen LogP contribution in [0.15, 0.2) is 22.8 Å². The van der Waals surface area contributed by atoms with Crippen LogP contribution in [-0.4, -0.2) is 64.1 Å². The van der Waals surface area contributed by atoms with Crippen molar-refractivity contribution in [3.63, 3.8) is 0 Å². The molecule has 0 spiro atoms. The number of thioether (sulfide) groups is 1. The lowest BCUT2D eigenvalue weighted by atomic mass is 9.93. The summed E-state index contributed by atoms with van der Waals surface area (Å²) in [6, 6.07) is 2.11. The number of hydrogen-bond acceptors (Lipinski definition) is 8. The Hall–Kier alpha value is -2.40. The summed E-state index contributed by atoms with van der Waals surface area (Å²) in [4.78, 5) is 29.9. The van der Waals surface area contributed by atoms with Gasteiger partial charge in [-0.25, -0.2) is 5.10 Å². The first-order valence-corrected chi connectivity index (χ1v) is 9.98. The number of nitrogens with zero attached hydrogens (tertiary/aromatic N) is 5. The Morgan fingerprint density at radius 3 is 2.64 bits per heavy atom. The molecule has 5 rings (SSSR count). The lowest BCUT2D eigenvalue weighted by Crippen LogP contribution is -2.71. The predicted molar refractivity (Wildman–Crippen MR) is 98.5 cm³/mol. The Balaban J connectivity index is 1.47. The van der Waals surface area contributed by atoms with Crippen LogP contribution >= 0.6 is 11.8 Å². The van der Waals surface area contributed by atoms with Crippen molar-refractivity contribution in [3.05, 3.63) is 30.0 Å². The van der Waals surface area contributed by atoms with Gasteiger partial charge in [0, 0.05) is 4.75 Å². The summed E-state index contributed by atoms with van der Waals surface area (Å²) >= 11 is 1.67. The van der Waals surface area contributed by atoms with Gasteiger partial charge in [0.05, 0.1) is 11.9 Å². The van der Waals surface area contributed by atoms with Crippen molar-refractivity contribution >= 4 is 23.6 Å². The maximum absolute atomic E-state index is 13.2. The second kappa shape index (κ2) is 5.57. The van der Waals surface area contributed by atoms with E-state index in [1.165, 1.54) is 0 Å². The van der Waals surface area contributed by atoms with Crippen LogP contribution in [-0.2, 0) is 9.59 Å². The zero-order valence-corrected chi connectivity index (χ0v) is 16.7. The third kappa shape index (κ3) is 2.23. The van der Waals surface area contributed by atoms with Crippen LogP contribution in [0.25, 0.3) is 0 Å². The molecule has 11 heteroatoms. The number of H-pyrrole nitrogens is 1. The molecule has 0 bridgehead atoms. The molecular formula is C17H21N7O3S. The van der Waals surface area contributed by atoms with Crippen LogP contribution in [0, 0.1) is 0 Å². The van der Waals surface area contributed by atoms with Crippen molar-refractivity contribution in [2.45, 2.75) is 61.6 Å². The summed E-state index contributed by atoms with van der Waals surface area (Å²) < 4.78 is 5.14. The highest BCUT2D eigenvalue weighted by molar-refractivity contribution is 8.01. The fraction of sp³-hybridized carbons (Fsp3) is 0.588. The van der Waals surface area contributed by atoms with E-state index in [2.05, 4.69) is 39.8 Å². The van der Waals surface area contributed by atoms with E-state index in [0.29, 0.717) is 11.6 Å². The first-order valence-electron chi connectivity index (χ1n) is 9.10. The number of nitrogens with one attached hydrogen (secondary N) is 2. The van der Waals surface area contributed by atoms with Crippen molar-refractivity contribution in [2.75, 3.05) is 0 Å². The molecule has 0 aromatic carbocycles. The molecule has 2 amide bonds. The van der Waals surface area contributed by atoms with Gasteiger partial charge in [0.2, 0.25) is 11.8 Å². The van der Waals surface area contributed by atoms with Crippen molar-refractivity contribution in [1.29, 1.82) is 0 Å². The van der Waals surface area contributed by atoms with E-state index in [1.54, 1.807) is 40.0 Å². The van der Waals surface area contributed by atoms with Gasteiger partial charge in [-0.05, 0) is 50.3 Å². The molecule has 4 atom stereocenters. The monoisotopic (exact) mass is 403 g/mol. The van der Waals surface area contributed by atoms with Crippen LogP contribution in [0.5, 0.6) is 0 Å². The summed E-state index contributed by atoms with van der Waals surface area (Å²) in [5.41, 5.74) is -0.683. The van der Waals surface area contributed by atoms with Gasteiger partial charge in [-0.15, -0.1) is 16.9 Å². The van der Waals surface area contributed by atoms with Gasteiger partial charge in [-0.1, -0.05) is 0 Å². The molecule has 5 heterocycles. The normalized spacial score (nSPS) is 33.3. The minimum Gasteiger partial charge on any atom is -0.467 e. The Morgan fingerprint density at radius 2 is 2.00 bits per heavy atom. The molecule has 3 aliphatic rings. The number of rotatable bonds is 3. The number of furan rings is 1. The summed E-state index contributed by atoms with van der Waals surface area (Å²) in [7, 11) is 0. The topological polar surface area (TPSA) is 120 Å². The molecule has 2 aromatic rings. The molecule has 28 heavy (non-hydrogen) atoms. The van der Waals surface area contributed by atoms with E-state index in [9.17, 15) is 9.59 Å². The quantitative estimate of drug-likeness (QED) is 0.722. The van der Waals surface area contributed by atoms with E-state index < -0.39 is 17.7 Å². The number of fused-ring (bicyclic) bond motifs is 1. The summed E-state index contributed by atoms with van der Waals surface area (Å²) in [5.74, 6) is 0.869. The number of aromatic nitrogens is 4. The van der Waals surface area contributed by atoms with Crippen LogP contribution in [0.2, 0.25) is 0 Å². The van der Waals surface area contributed by atoms with E-state index >= 15 is 0 Å². The molecule has 3 saturated heterocycles. The minimum absolute atomic E-state index is 0.0900. The number of amides is 2. The van der Waals surface area contributed by atoms with Crippen molar-refractivity contribution in [1.82, 2.24) is 35.7 Å². The third-order valence-electron chi connectivity index (χ3n) is 5.72. The number of tetrazole rings is 1. The highest BCUT2D eigenvalue weighted by Gasteiger charge is 2.67. The van der Waals surface area contributed by atoms with Gasteiger partial charge in [-0.3, -0.25) is 14.9 Å². The minimum atomic E-state index is -0.683. The van der Waals surface area contributed by atoms with Gasteiger partial charge < -0.3 is 14.2 Å². The van der Waals surface area contributed by atoms with E-state index in [4.69, 9.17) is 4.42 Å². The maximum Gasteiger partial charge on any atom is 0.250 e.